The van der Waals surface area contributed by atoms with Gasteiger partial charge in [0, 0.05) is 50.7 Å². The molecule has 0 amide bonds. The van der Waals surface area contributed by atoms with Gasteiger partial charge >= 0.3 is 0 Å². The van der Waals surface area contributed by atoms with E-state index in [9.17, 15) is 5.11 Å². The number of aryl methyl sites for hydroxylation is 2. The van der Waals surface area contributed by atoms with E-state index < -0.39 is 6.10 Å². The second kappa shape index (κ2) is 9.84. The quantitative estimate of drug-likeness (QED) is 0.570. The summed E-state index contributed by atoms with van der Waals surface area (Å²) in [6.07, 6.45) is 0.278. The Morgan fingerprint density at radius 1 is 1.29 bits per heavy atom. The average Bonchev–Trinajstić information content (AvgIpc) is 3.20. The van der Waals surface area contributed by atoms with Gasteiger partial charge in [-0.1, -0.05) is 36.8 Å². The highest BCUT2D eigenvalue weighted by atomic mass is 32.1. The number of nitrogens with one attached hydrogen (secondary N) is 1. The minimum absolute atomic E-state index is 0.349. The Kier molecular flexibility index (Phi) is 7.22. The molecule has 1 unspecified atom stereocenters. The Bertz CT molecular complexity index is 785. The molecule has 7 nitrogen and oxygen atoms in total. The van der Waals surface area contributed by atoms with Crippen molar-refractivity contribution < 1.29 is 5.11 Å². The van der Waals surface area contributed by atoms with E-state index in [0.29, 0.717) is 6.54 Å². The first-order valence-corrected chi connectivity index (χ1v) is 10.7. The van der Waals surface area contributed by atoms with E-state index in [2.05, 4.69) is 38.3 Å². The molecule has 1 aliphatic rings. The zero-order valence-electron chi connectivity index (χ0n) is 16.9. The van der Waals surface area contributed by atoms with Crippen LogP contribution in [0.15, 0.2) is 29.3 Å². The maximum Gasteiger partial charge on any atom is 0.205 e. The monoisotopic (exact) mass is 402 g/mol. The zero-order chi connectivity index (χ0) is 19.9. The number of anilines is 1. The largest absolute Gasteiger partial charge is 0.386 e. The van der Waals surface area contributed by atoms with Gasteiger partial charge in [-0.3, -0.25) is 4.99 Å². The highest BCUT2D eigenvalue weighted by Crippen LogP contribution is 2.19. The first kappa shape index (κ1) is 20.5. The van der Waals surface area contributed by atoms with Crippen LogP contribution < -0.4 is 10.2 Å². The lowest BCUT2D eigenvalue weighted by atomic mass is 10.1. The topological polar surface area (TPSA) is 76.9 Å². The van der Waals surface area contributed by atoms with Crippen LogP contribution in [-0.2, 0) is 6.42 Å². The standard InChI is InChI=1S/C20H30N6OS/c1-4-18-23-20(28-24-18)26-11-9-25(10-12-26)19(21-5-2)22-14-17(27)16-8-6-7-15(3)13-16/h6-8,13,17,27H,4-5,9-12,14H2,1-3H3,(H,21,22). The Morgan fingerprint density at radius 2 is 2.07 bits per heavy atom. The number of nitrogens with zero attached hydrogens (tertiary/aromatic N) is 5. The molecule has 2 heterocycles. The minimum Gasteiger partial charge on any atom is -0.386 e. The van der Waals surface area contributed by atoms with E-state index in [1.165, 1.54) is 11.5 Å². The summed E-state index contributed by atoms with van der Waals surface area (Å²) in [6.45, 7) is 10.8. The summed E-state index contributed by atoms with van der Waals surface area (Å²) in [5.74, 6) is 1.78. The van der Waals surface area contributed by atoms with Crippen molar-refractivity contribution in [3.63, 3.8) is 0 Å². The Morgan fingerprint density at radius 3 is 2.71 bits per heavy atom. The highest BCUT2D eigenvalue weighted by Gasteiger charge is 2.22. The van der Waals surface area contributed by atoms with Crippen LogP contribution in [0.3, 0.4) is 0 Å². The summed E-state index contributed by atoms with van der Waals surface area (Å²) in [4.78, 5) is 13.8. The summed E-state index contributed by atoms with van der Waals surface area (Å²) in [5, 5.41) is 14.9. The Labute approximate surface area is 171 Å². The number of guanidine groups is 1. The van der Waals surface area contributed by atoms with Crippen molar-refractivity contribution in [1.29, 1.82) is 0 Å². The summed E-state index contributed by atoms with van der Waals surface area (Å²) in [5.41, 5.74) is 2.05. The van der Waals surface area contributed by atoms with Gasteiger partial charge in [0.25, 0.3) is 0 Å². The Balaban J connectivity index is 1.60. The molecule has 1 aliphatic heterocycles. The molecule has 1 saturated heterocycles. The molecule has 0 spiro atoms. The molecule has 8 heteroatoms. The number of piperazine rings is 1. The van der Waals surface area contributed by atoms with Gasteiger partial charge in [0.2, 0.25) is 5.13 Å². The van der Waals surface area contributed by atoms with E-state index in [-0.39, 0.29) is 0 Å². The summed E-state index contributed by atoms with van der Waals surface area (Å²) in [7, 11) is 0. The van der Waals surface area contributed by atoms with Crippen LogP contribution in [0, 0.1) is 6.92 Å². The lowest BCUT2D eigenvalue weighted by molar-refractivity contribution is 0.186. The molecule has 2 N–H and O–H groups in total. The third-order valence-corrected chi connectivity index (χ3v) is 5.61. The number of rotatable bonds is 6. The van der Waals surface area contributed by atoms with Crippen LogP contribution in [0.4, 0.5) is 5.13 Å². The Hall–Kier alpha value is -2.19. The molecule has 28 heavy (non-hydrogen) atoms. The second-order valence-electron chi connectivity index (χ2n) is 6.95. The molecule has 2 aromatic rings. The number of hydrogen-bond donors (Lipinski definition) is 2. The van der Waals surface area contributed by atoms with Gasteiger partial charge in [0.05, 0.1) is 12.6 Å². The minimum atomic E-state index is -0.594. The summed E-state index contributed by atoms with van der Waals surface area (Å²) >= 11 is 1.48. The van der Waals surface area contributed by atoms with Gasteiger partial charge in [-0.15, -0.1) is 0 Å². The number of aromatic nitrogens is 2. The predicted octanol–water partition coefficient (Wildman–Crippen LogP) is 2.23. The zero-order valence-corrected chi connectivity index (χ0v) is 17.7. The maximum absolute atomic E-state index is 10.5. The molecule has 1 aromatic heterocycles. The molecule has 1 atom stereocenters. The molecule has 0 aliphatic carbocycles. The van der Waals surface area contributed by atoms with Gasteiger partial charge in [-0.25, -0.2) is 4.98 Å². The van der Waals surface area contributed by atoms with Gasteiger partial charge < -0.3 is 20.2 Å². The van der Waals surface area contributed by atoms with Crippen LogP contribution >= 0.6 is 11.5 Å². The fourth-order valence-corrected chi connectivity index (χ4v) is 4.01. The van der Waals surface area contributed by atoms with E-state index in [1.54, 1.807) is 0 Å². The van der Waals surface area contributed by atoms with Crippen LogP contribution in [0.2, 0.25) is 0 Å². The fourth-order valence-electron chi connectivity index (χ4n) is 3.21. The number of aliphatic hydroxyl groups is 1. The van der Waals surface area contributed by atoms with Crippen LogP contribution in [-0.4, -0.2) is 64.6 Å². The number of aliphatic imine (C=N–C) groups is 1. The van der Waals surface area contributed by atoms with E-state index in [0.717, 1.165) is 67.2 Å². The van der Waals surface area contributed by atoms with Crippen molar-refractivity contribution in [1.82, 2.24) is 19.6 Å². The molecule has 152 valence electrons. The number of benzene rings is 1. The van der Waals surface area contributed by atoms with Crippen molar-refractivity contribution in [2.45, 2.75) is 33.3 Å². The van der Waals surface area contributed by atoms with E-state index >= 15 is 0 Å². The SMILES string of the molecule is CCNC(=NCC(O)c1cccc(C)c1)N1CCN(c2nc(CC)ns2)CC1. The fraction of sp³-hybridized carbons (Fsp3) is 0.550. The van der Waals surface area contributed by atoms with Gasteiger partial charge in [-0.2, -0.15) is 4.37 Å². The molecule has 0 bridgehead atoms. The van der Waals surface area contributed by atoms with Crippen LogP contribution in [0.5, 0.6) is 0 Å². The molecular weight excluding hydrogens is 372 g/mol. The van der Waals surface area contributed by atoms with Crippen molar-refractivity contribution in [3.8, 4) is 0 Å². The first-order valence-electron chi connectivity index (χ1n) is 9.96. The highest BCUT2D eigenvalue weighted by molar-refractivity contribution is 7.09. The van der Waals surface area contributed by atoms with Crippen molar-refractivity contribution in [2.24, 2.45) is 4.99 Å². The van der Waals surface area contributed by atoms with Crippen LogP contribution in [0.1, 0.15) is 36.9 Å². The van der Waals surface area contributed by atoms with E-state index in [4.69, 9.17) is 4.99 Å². The van der Waals surface area contributed by atoms with E-state index in [1.807, 2.05) is 31.2 Å². The average molecular weight is 403 g/mol. The number of hydrogen-bond acceptors (Lipinski definition) is 6. The normalized spacial score (nSPS) is 16.4. The molecule has 1 aromatic carbocycles. The summed E-state index contributed by atoms with van der Waals surface area (Å²) in [6, 6.07) is 7.97. The lowest BCUT2D eigenvalue weighted by Crippen LogP contribution is -2.52. The van der Waals surface area contributed by atoms with Crippen molar-refractivity contribution >= 4 is 22.6 Å². The maximum atomic E-state index is 10.5. The predicted molar refractivity (Wildman–Crippen MR) is 115 cm³/mol. The number of aliphatic hydroxyl groups excluding tert-OH is 1. The molecule has 3 rings (SSSR count). The smallest absolute Gasteiger partial charge is 0.205 e. The van der Waals surface area contributed by atoms with Gasteiger partial charge in [-0.05, 0) is 19.4 Å². The lowest BCUT2D eigenvalue weighted by Gasteiger charge is -2.36. The van der Waals surface area contributed by atoms with Gasteiger partial charge in [0.15, 0.2) is 5.96 Å². The summed E-state index contributed by atoms with van der Waals surface area (Å²) < 4.78 is 4.39. The second-order valence-corrected chi connectivity index (χ2v) is 7.68. The third-order valence-electron chi connectivity index (χ3n) is 4.80. The molecule has 0 saturated carbocycles. The molecule has 0 radical (unpaired) electrons. The first-order chi connectivity index (χ1) is 13.6. The van der Waals surface area contributed by atoms with Gasteiger partial charge in [0.1, 0.15) is 5.82 Å². The van der Waals surface area contributed by atoms with Crippen LogP contribution in [0.25, 0.3) is 0 Å². The molecular formula is C20H30N6OS. The molecule has 1 fully saturated rings. The third kappa shape index (κ3) is 5.20. The van der Waals surface area contributed by atoms with Crippen molar-refractivity contribution in [3.05, 3.63) is 41.2 Å². The van der Waals surface area contributed by atoms with Crippen molar-refractivity contribution in [2.75, 3.05) is 44.2 Å².